The topological polar surface area (TPSA) is 86.8 Å². The van der Waals surface area contributed by atoms with Crippen LogP contribution in [0.1, 0.15) is 44.2 Å². The summed E-state index contributed by atoms with van der Waals surface area (Å²) in [6.07, 6.45) is 3.89. The van der Waals surface area contributed by atoms with Gasteiger partial charge >= 0.3 is 0 Å². The molecule has 0 saturated heterocycles. The lowest BCUT2D eigenvalue weighted by Crippen LogP contribution is -2.53. The van der Waals surface area contributed by atoms with Crippen molar-refractivity contribution in [2.75, 3.05) is 30.2 Å². The van der Waals surface area contributed by atoms with Crippen molar-refractivity contribution in [3.63, 3.8) is 0 Å². The fourth-order valence-corrected chi connectivity index (χ4v) is 4.64. The van der Waals surface area contributed by atoms with Crippen molar-refractivity contribution < 1.29 is 18.0 Å². The first-order chi connectivity index (χ1) is 16.2. The van der Waals surface area contributed by atoms with Gasteiger partial charge < -0.3 is 10.2 Å². The smallest absolute Gasteiger partial charge is 0.244 e. The quantitative estimate of drug-likeness (QED) is 0.438. The first kappa shape index (κ1) is 27.4. The number of rotatable bonds is 13. The number of carbonyl (C=O) groups excluding carboxylic acids is 2. The number of hydrogen-bond acceptors (Lipinski definition) is 4. The molecule has 7 nitrogen and oxygen atoms in total. The van der Waals surface area contributed by atoms with E-state index in [4.69, 9.17) is 0 Å². The van der Waals surface area contributed by atoms with E-state index >= 15 is 0 Å². The summed E-state index contributed by atoms with van der Waals surface area (Å²) in [6, 6.07) is 16.1. The van der Waals surface area contributed by atoms with Crippen molar-refractivity contribution in [2.45, 2.75) is 52.5 Å². The number of nitrogens with one attached hydrogen (secondary N) is 1. The first-order valence-electron chi connectivity index (χ1n) is 11.8. The van der Waals surface area contributed by atoms with Crippen molar-refractivity contribution in [1.29, 1.82) is 0 Å². The second-order valence-corrected chi connectivity index (χ2v) is 10.4. The summed E-state index contributed by atoms with van der Waals surface area (Å²) < 4.78 is 26.3. The number of benzene rings is 2. The monoisotopic (exact) mass is 487 g/mol. The Hall–Kier alpha value is -2.87. The van der Waals surface area contributed by atoms with Gasteiger partial charge in [-0.1, -0.05) is 62.7 Å². The van der Waals surface area contributed by atoms with Gasteiger partial charge in [0.15, 0.2) is 0 Å². The van der Waals surface area contributed by atoms with E-state index in [-0.39, 0.29) is 12.5 Å². The number of nitrogens with zero attached hydrogens (tertiary/aromatic N) is 2. The predicted octanol–water partition coefficient (Wildman–Crippen LogP) is 3.53. The van der Waals surface area contributed by atoms with E-state index < -0.39 is 22.0 Å². The standard InChI is InChI=1S/C26H37N3O4S/c1-5-7-17-27-26(31)24(6-2)28(18-16-22-13-9-8-10-14-22)25(30)20-29(34(4,32)33)23-15-11-12-21(3)19-23/h8-15,19,24H,5-7,16-18,20H2,1-4H3,(H,27,31)/t24-/m1/s1. The van der Waals surface area contributed by atoms with Crippen LogP contribution in [0.15, 0.2) is 54.6 Å². The maximum absolute atomic E-state index is 13.6. The van der Waals surface area contributed by atoms with Gasteiger partial charge in [-0.05, 0) is 49.4 Å². The Bertz CT molecular complexity index is 1040. The highest BCUT2D eigenvalue weighted by Gasteiger charge is 2.31. The number of sulfonamides is 1. The Kier molecular flexibility index (Phi) is 10.6. The fourth-order valence-electron chi connectivity index (χ4n) is 3.80. The zero-order chi connectivity index (χ0) is 25.1. The first-order valence-corrected chi connectivity index (χ1v) is 13.7. The minimum absolute atomic E-state index is 0.209. The largest absolute Gasteiger partial charge is 0.354 e. The van der Waals surface area contributed by atoms with Gasteiger partial charge in [-0.15, -0.1) is 0 Å². The average Bonchev–Trinajstić information content (AvgIpc) is 2.80. The minimum Gasteiger partial charge on any atom is -0.354 e. The number of unbranched alkanes of at least 4 members (excludes halogenated alkanes) is 1. The summed E-state index contributed by atoms with van der Waals surface area (Å²) in [5.41, 5.74) is 2.36. The molecule has 0 aliphatic heterocycles. The molecule has 0 saturated carbocycles. The zero-order valence-corrected chi connectivity index (χ0v) is 21.5. The molecule has 8 heteroatoms. The number of hydrogen-bond donors (Lipinski definition) is 1. The van der Waals surface area contributed by atoms with Gasteiger partial charge in [0.25, 0.3) is 0 Å². The van der Waals surface area contributed by atoms with E-state index in [0.29, 0.717) is 31.6 Å². The highest BCUT2D eigenvalue weighted by Crippen LogP contribution is 2.20. The molecule has 186 valence electrons. The lowest BCUT2D eigenvalue weighted by molar-refractivity contribution is -0.139. The normalized spacial score (nSPS) is 12.1. The van der Waals surface area contributed by atoms with Crippen molar-refractivity contribution in [3.05, 3.63) is 65.7 Å². The van der Waals surface area contributed by atoms with Crippen molar-refractivity contribution in [2.24, 2.45) is 0 Å². The van der Waals surface area contributed by atoms with Crippen LogP contribution in [-0.2, 0) is 26.0 Å². The highest BCUT2D eigenvalue weighted by atomic mass is 32.2. The van der Waals surface area contributed by atoms with Gasteiger partial charge in [0.1, 0.15) is 12.6 Å². The van der Waals surface area contributed by atoms with Gasteiger partial charge in [-0.25, -0.2) is 8.42 Å². The summed E-state index contributed by atoms with van der Waals surface area (Å²) in [6.45, 7) is 6.27. The summed E-state index contributed by atoms with van der Waals surface area (Å²) in [7, 11) is -3.72. The molecule has 0 aliphatic rings. The maximum Gasteiger partial charge on any atom is 0.244 e. The van der Waals surface area contributed by atoms with E-state index in [1.807, 2.05) is 57.2 Å². The van der Waals surface area contributed by atoms with Gasteiger partial charge in [0, 0.05) is 13.1 Å². The minimum atomic E-state index is -3.72. The van der Waals surface area contributed by atoms with Crippen LogP contribution in [0.25, 0.3) is 0 Å². The third-order valence-electron chi connectivity index (χ3n) is 5.67. The molecule has 2 aromatic carbocycles. The third-order valence-corrected chi connectivity index (χ3v) is 6.81. The molecule has 0 aliphatic carbocycles. The number of anilines is 1. The van der Waals surface area contributed by atoms with Crippen LogP contribution in [0.4, 0.5) is 5.69 Å². The summed E-state index contributed by atoms with van der Waals surface area (Å²) in [5.74, 6) is -0.612. The lowest BCUT2D eigenvalue weighted by atomic mass is 10.1. The Balaban J connectivity index is 2.32. The molecule has 0 unspecified atom stereocenters. The lowest BCUT2D eigenvalue weighted by Gasteiger charge is -2.33. The van der Waals surface area contributed by atoms with Crippen LogP contribution in [0, 0.1) is 6.92 Å². The molecule has 2 aromatic rings. The van der Waals surface area contributed by atoms with E-state index in [9.17, 15) is 18.0 Å². The van der Waals surface area contributed by atoms with E-state index in [1.165, 1.54) is 4.90 Å². The summed E-state index contributed by atoms with van der Waals surface area (Å²) in [5, 5.41) is 2.93. The molecule has 34 heavy (non-hydrogen) atoms. The fraction of sp³-hybridized carbons (Fsp3) is 0.462. The molecular formula is C26H37N3O4S. The Morgan fingerprint density at radius 2 is 1.74 bits per heavy atom. The van der Waals surface area contributed by atoms with Crippen LogP contribution in [0.3, 0.4) is 0 Å². The van der Waals surface area contributed by atoms with E-state index in [1.54, 1.807) is 18.2 Å². The predicted molar refractivity (Wildman–Crippen MR) is 137 cm³/mol. The Morgan fingerprint density at radius 3 is 2.32 bits per heavy atom. The summed E-state index contributed by atoms with van der Waals surface area (Å²) in [4.78, 5) is 28.1. The summed E-state index contributed by atoms with van der Waals surface area (Å²) >= 11 is 0. The van der Waals surface area contributed by atoms with Gasteiger partial charge in [0.05, 0.1) is 11.9 Å². The zero-order valence-electron chi connectivity index (χ0n) is 20.7. The SMILES string of the molecule is CCCCNC(=O)[C@@H](CC)N(CCc1ccccc1)C(=O)CN(c1cccc(C)c1)S(C)(=O)=O. The van der Waals surface area contributed by atoms with Crippen molar-refractivity contribution >= 4 is 27.5 Å². The van der Waals surface area contributed by atoms with Crippen molar-refractivity contribution in [3.8, 4) is 0 Å². The third kappa shape index (κ3) is 8.17. The highest BCUT2D eigenvalue weighted by molar-refractivity contribution is 7.92. The molecule has 0 fully saturated rings. The van der Waals surface area contributed by atoms with Gasteiger partial charge in [-0.3, -0.25) is 13.9 Å². The van der Waals surface area contributed by atoms with Crippen LogP contribution < -0.4 is 9.62 Å². The van der Waals surface area contributed by atoms with E-state index in [2.05, 4.69) is 5.32 Å². The van der Waals surface area contributed by atoms with Crippen LogP contribution in [0.2, 0.25) is 0 Å². The van der Waals surface area contributed by atoms with Gasteiger partial charge in [-0.2, -0.15) is 0 Å². The molecule has 1 atom stereocenters. The molecule has 0 bridgehead atoms. The number of aryl methyl sites for hydroxylation is 1. The second kappa shape index (κ2) is 13.1. The van der Waals surface area contributed by atoms with E-state index in [0.717, 1.165) is 34.5 Å². The maximum atomic E-state index is 13.6. The van der Waals surface area contributed by atoms with Crippen LogP contribution >= 0.6 is 0 Å². The molecule has 0 spiro atoms. The Morgan fingerprint density at radius 1 is 1.03 bits per heavy atom. The van der Waals surface area contributed by atoms with Crippen molar-refractivity contribution in [1.82, 2.24) is 10.2 Å². The molecule has 0 aromatic heterocycles. The molecule has 0 radical (unpaired) electrons. The average molecular weight is 488 g/mol. The van der Waals surface area contributed by atoms with Crippen LogP contribution in [0.5, 0.6) is 0 Å². The molecule has 0 heterocycles. The number of amides is 2. The number of carbonyl (C=O) groups is 2. The Labute approximate surface area is 204 Å². The van der Waals surface area contributed by atoms with Crippen LogP contribution in [-0.4, -0.2) is 57.1 Å². The second-order valence-electron chi connectivity index (χ2n) is 8.50. The molecule has 2 rings (SSSR count). The molecule has 1 N–H and O–H groups in total. The molecular weight excluding hydrogens is 450 g/mol. The van der Waals surface area contributed by atoms with Gasteiger partial charge in [0.2, 0.25) is 21.8 Å². The molecule has 2 amide bonds.